The Bertz CT molecular complexity index is 1360. The van der Waals surface area contributed by atoms with E-state index in [1.165, 1.54) is 10.6 Å². The van der Waals surface area contributed by atoms with Crippen LogP contribution in [0.3, 0.4) is 0 Å². The van der Waals surface area contributed by atoms with E-state index in [4.69, 9.17) is 4.42 Å². The van der Waals surface area contributed by atoms with Crippen LogP contribution in [0.5, 0.6) is 0 Å². The molecule has 0 radical (unpaired) electrons. The summed E-state index contributed by atoms with van der Waals surface area (Å²) in [7, 11) is 0. The molecular weight excluding hydrogens is 383 g/mol. The van der Waals surface area contributed by atoms with Crippen molar-refractivity contribution in [2.45, 2.75) is 44.6 Å². The summed E-state index contributed by atoms with van der Waals surface area (Å²) in [5, 5.41) is 0.271. The average Bonchev–Trinajstić information content (AvgIpc) is 3.03. The average molecular weight is 404 g/mol. The molecule has 0 N–H and O–H groups in total. The zero-order chi connectivity index (χ0) is 20.7. The van der Waals surface area contributed by atoms with E-state index in [-0.39, 0.29) is 28.5 Å². The van der Waals surface area contributed by atoms with Crippen molar-refractivity contribution in [1.82, 2.24) is 9.55 Å². The Kier molecular flexibility index (Phi) is 4.69. The first-order valence-electron chi connectivity index (χ1n) is 10.4. The van der Waals surface area contributed by atoms with E-state index in [1.807, 2.05) is 0 Å². The Morgan fingerprint density at radius 2 is 1.63 bits per heavy atom. The molecule has 0 spiro atoms. The Hall–Kier alpha value is -3.28. The molecule has 1 fully saturated rings. The highest BCUT2D eigenvalue weighted by atomic mass is 19.1. The maximum atomic E-state index is 14.7. The van der Waals surface area contributed by atoms with Crippen LogP contribution in [-0.4, -0.2) is 9.55 Å². The molecule has 2 aromatic carbocycles. The predicted molar refractivity (Wildman–Crippen MR) is 114 cm³/mol. The minimum absolute atomic E-state index is 0.0492. The molecule has 4 aromatic rings. The van der Waals surface area contributed by atoms with E-state index in [2.05, 4.69) is 4.98 Å². The van der Waals surface area contributed by atoms with Gasteiger partial charge in [0.1, 0.15) is 17.2 Å². The first kappa shape index (κ1) is 18.7. The van der Waals surface area contributed by atoms with Crippen LogP contribution in [0, 0.1) is 5.82 Å². The number of halogens is 1. The fourth-order valence-electron chi connectivity index (χ4n) is 4.45. The lowest BCUT2D eigenvalue weighted by Gasteiger charge is -2.22. The van der Waals surface area contributed by atoms with Crippen molar-refractivity contribution in [2.75, 3.05) is 0 Å². The normalized spacial score (nSPS) is 15.5. The van der Waals surface area contributed by atoms with E-state index >= 15 is 0 Å². The van der Waals surface area contributed by atoms with Crippen molar-refractivity contribution in [3.05, 3.63) is 74.9 Å². The predicted octanol–water partition coefficient (Wildman–Crippen LogP) is 5.20. The zero-order valence-electron chi connectivity index (χ0n) is 16.4. The molecular formula is C24H21FN2O3. The lowest BCUT2D eigenvalue weighted by molar-refractivity contribution is 0.432. The monoisotopic (exact) mass is 404 g/mol. The minimum atomic E-state index is -0.464. The third-order valence-corrected chi connectivity index (χ3v) is 5.95. The highest BCUT2D eigenvalue weighted by Crippen LogP contribution is 2.31. The van der Waals surface area contributed by atoms with Crippen LogP contribution < -0.4 is 11.0 Å². The van der Waals surface area contributed by atoms with Gasteiger partial charge in [0.15, 0.2) is 5.39 Å². The van der Waals surface area contributed by atoms with Crippen LogP contribution in [0.25, 0.3) is 33.5 Å². The summed E-state index contributed by atoms with van der Waals surface area (Å²) in [6.07, 6.45) is 5.78. The third kappa shape index (κ3) is 3.03. The van der Waals surface area contributed by atoms with Gasteiger partial charge in [0.2, 0.25) is 11.1 Å². The number of rotatable bonds is 2. The Labute approximate surface area is 171 Å². The molecule has 6 heteroatoms. The van der Waals surface area contributed by atoms with Crippen molar-refractivity contribution in [3.8, 4) is 11.4 Å². The fourth-order valence-corrected chi connectivity index (χ4v) is 4.45. The summed E-state index contributed by atoms with van der Waals surface area (Å²) < 4.78 is 22.1. The molecule has 30 heavy (non-hydrogen) atoms. The highest BCUT2D eigenvalue weighted by Gasteiger charge is 2.25. The van der Waals surface area contributed by atoms with E-state index in [0.29, 0.717) is 11.0 Å². The van der Waals surface area contributed by atoms with E-state index in [9.17, 15) is 14.0 Å². The molecule has 5 nitrogen and oxygen atoms in total. The van der Waals surface area contributed by atoms with Gasteiger partial charge in [-0.2, -0.15) is 4.98 Å². The van der Waals surface area contributed by atoms with Gasteiger partial charge in [-0.15, -0.1) is 0 Å². The molecule has 1 aliphatic rings. The quantitative estimate of drug-likeness (QED) is 0.340. The first-order valence-corrected chi connectivity index (χ1v) is 10.4. The molecule has 1 aliphatic carbocycles. The summed E-state index contributed by atoms with van der Waals surface area (Å²) >= 11 is 0. The summed E-state index contributed by atoms with van der Waals surface area (Å²) in [5.41, 5.74) is -0.312. The lowest BCUT2D eigenvalue weighted by atomic mass is 10.1. The number of benzene rings is 2. The van der Waals surface area contributed by atoms with Crippen molar-refractivity contribution in [2.24, 2.45) is 0 Å². The highest BCUT2D eigenvalue weighted by molar-refractivity contribution is 5.88. The number of para-hydroxylation sites is 1. The molecule has 2 heterocycles. The Balaban J connectivity index is 1.90. The fraction of sp³-hybridized carbons (Fsp3) is 0.292. The molecule has 2 aromatic heterocycles. The van der Waals surface area contributed by atoms with E-state index in [0.717, 1.165) is 38.5 Å². The maximum absolute atomic E-state index is 14.7. The molecule has 152 valence electrons. The summed E-state index contributed by atoms with van der Waals surface area (Å²) in [5.74, 6) is -0.245. The Morgan fingerprint density at radius 1 is 0.933 bits per heavy atom. The van der Waals surface area contributed by atoms with Crippen LogP contribution >= 0.6 is 0 Å². The number of aromatic nitrogens is 2. The number of fused-ring (bicyclic) bond motifs is 2. The summed E-state index contributed by atoms with van der Waals surface area (Å²) in [6, 6.07) is 12.9. The summed E-state index contributed by atoms with van der Waals surface area (Å²) in [6.45, 7) is 0. The van der Waals surface area contributed by atoms with Gasteiger partial charge in [-0.05, 0) is 37.1 Å². The summed E-state index contributed by atoms with van der Waals surface area (Å²) in [4.78, 5) is 31.3. The van der Waals surface area contributed by atoms with Crippen LogP contribution in [-0.2, 0) is 0 Å². The van der Waals surface area contributed by atoms with Gasteiger partial charge in [0, 0.05) is 6.04 Å². The van der Waals surface area contributed by atoms with Crippen LogP contribution in [0.4, 0.5) is 4.39 Å². The van der Waals surface area contributed by atoms with Gasteiger partial charge in [0.25, 0.3) is 5.56 Å². The number of hydrogen-bond acceptors (Lipinski definition) is 4. The molecule has 5 rings (SSSR count). The van der Waals surface area contributed by atoms with Crippen molar-refractivity contribution < 1.29 is 8.81 Å². The molecule has 0 aliphatic heterocycles. The minimum Gasteiger partial charge on any atom is -0.437 e. The smallest absolute Gasteiger partial charge is 0.269 e. The molecule has 0 amide bonds. The number of hydrogen-bond donors (Lipinski definition) is 0. The van der Waals surface area contributed by atoms with Crippen LogP contribution in [0.15, 0.2) is 62.5 Å². The van der Waals surface area contributed by atoms with Crippen LogP contribution in [0.2, 0.25) is 0 Å². The van der Waals surface area contributed by atoms with Gasteiger partial charge in [-0.1, -0.05) is 49.9 Å². The van der Waals surface area contributed by atoms with Gasteiger partial charge in [0.05, 0.1) is 10.9 Å². The second kappa shape index (κ2) is 7.52. The third-order valence-electron chi connectivity index (χ3n) is 5.95. The molecule has 0 bridgehead atoms. The van der Waals surface area contributed by atoms with Crippen molar-refractivity contribution >= 4 is 22.1 Å². The van der Waals surface area contributed by atoms with E-state index < -0.39 is 16.8 Å². The van der Waals surface area contributed by atoms with Crippen LogP contribution in [0.1, 0.15) is 44.6 Å². The second-order valence-electron chi connectivity index (χ2n) is 7.84. The largest absolute Gasteiger partial charge is 0.437 e. The van der Waals surface area contributed by atoms with Gasteiger partial charge in [-0.3, -0.25) is 14.2 Å². The molecule has 1 saturated carbocycles. The SMILES string of the molecule is O=c1c2ccccc2oc2nc(-c3ccccc3F)n(C3CCCCCC3)c(=O)c12. The standard InChI is InChI=1S/C24H21FN2O3/c25-18-13-7-5-11-16(18)22-26-23-20(21(28)17-12-6-8-14-19(17)30-23)24(29)27(22)15-9-3-1-2-4-10-15/h5-8,11-15H,1-4,9-10H2. The molecule has 0 atom stereocenters. The van der Waals surface area contributed by atoms with Gasteiger partial charge < -0.3 is 4.42 Å². The van der Waals surface area contributed by atoms with Gasteiger partial charge in [-0.25, -0.2) is 4.39 Å². The van der Waals surface area contributed by atoms with Crippen molar-refractivity contribution in [1.29, 1.82) is 0 Å². The molecule has 0 unspecified atom stereocenters. The van der Waals surface area contributed by atoms with Gasteiger partial charge >= 0.3 is 0 Å². The Morgan fingerprint density at radius 3 is 2.40 bits per heavy atom. The number of nitrogens with zero attached hydrogens (tertiary/aromatic N) is 2. The van der Waals surface area contributed by atoms with E-state index in [1.54, 1.807) is 42.5 Å². The first-order chi connectivity index (χ1) is 14.6. The second-order valence-corrected chi connectivity index (χ2v) is 7.84. The lowest BCUT2D eigenvalue weighted by Crippen LogP contribution is -2.31. The molecule has 0 saturated heterocycles. The topological polar surface area (TPSA) is 65.1 Å². The zero-order valence-corrected chi connectivity index (χ0v) is 16.4. The van der Waals surface area contributed by atoms with Crippen molar-refractivity contribution in [3.63, 3.8) is 0 Å². The maximum Gasteiger partial charge on any atom is 0.269 e.